The van der Waals surface area contributed by atoms with Gasteiger partial charge in [-0.05, 0) is 25.0 Å². The van der Waals surface area contributed by atoms with Crippen LogP contribution < -0.4 is 0 Å². The van der Waals surface area contributed by atoms with E-state index in [1.165, 1.54) is 16.8 Å². The van der Waals surface area contributed by atoms with Gasteiger partial charge in [-0.3, -0.25) is 5.10 Å². The average molecular weight is 346 g/mol. The van der Waals surface area contributed by atoms with Crippen LogP contribution in [0.1, 0.15) is 24.5 Å². The zero-order valence-electron chi connectivity index (χ0n) is 13.3. The molecule has 1 aliphatic rings. The predicted octanol–water partition coefficient (Wildman–Crippen LogP) is 1.26. The molecule has 4 heterocycles. The van der Waals surface area contributed by atoms with Crippen molar-refractivity contribution in [3.8, 4) is 0 Å². The van der Waals surface area contributed by atoms with Crippen molar-refractivity contribution in [2.75, 3.05) is 13.1 Å². The molecule has 1 fully saturated rings. The van der Waals surface area contributed by atoms with Crippen molar-refractivity contribution in [1.82, 2.24) is 29.0 Å². The first kappa shape index (κ1) is 15.3. The van der Waals surface area contributed by atoms with Gasteiger partial charge in [0.25, 0.3) is 10.0 Å². The van der Waals surface area contributed by atoms with Crippen LogP contribution in [0.5, 0.6) is 0 Å². The number of fused-ring (bicyclic) bond motifs is 1. The van der Waals surface area contributed by atoms with Crippen molar-refractivity contribution in [2.24, 2.45) is 7.05 Å². The van der Waals surface area contributed by atoms with E-state index in [1.54, 1.807) is 17.8 Å². The summed E-state index contributed by atoms with van der Waals surface area (Å²) in [4.78, 5) is 8.59. The minimum atomic E-state index is -3.56. The lowest BCUT2D eigenvalue weighted by molar-refractivity contribution is 0.312. The van der Waals surface area contributed by atoms with Crippen molar-refractivity contribution < 1.29 is 8.42 Å². The summed E-state index contributed by atoms with van der Waals surface area (Å²) in [5, 5.41) is 7.89. The first-order chi connectivity index (χ1) is 11.5. The van der Waals surface area contributed by atoms with E-state index >= 15 is 0 Å². The molecular weight excluding hydrogens is 328 g/mol. The summed E-state index contributed by atoms with van der Waals surface area (Å²) < 4.78 is 28.7. The van der Waals surface area contributed by atoms with E-state index < -0.39 is 10.0 Å². The molecule has 0 spiro atoms. The molecule has 0 amide bonds. The summed E-state index contributed by atoms with van der Waals surface area (Å²) >= 11 is 0. The fourth-order valence-corrected chi connectivity index (χ4v) is 4.62. The number of hydrogen-bond acceptors (Lipinski definition) is 5. The van der Waals surface area contributed by atoms with Gasteiger partial charge >= 0.3 is 0 Å². The van der Waals surface area contributed by atoms with Crippen LogP contribution in [0.4, 0.5) is 0 Å². The summed E-state index contributed by atoms with van der Waals surface area (Å²) in [7, 11) is -1.80. The zero-order valence-corrected chi connectivity index (χ0v) is 14.1. The molecule has 0 radical (unpaired) electrons. The molecule has 126 valence electrons. The number of sulfonamides is 1. The summed E-state index contributed by atoms with van der Waals surface area (Å²) in [5.74, 6) is 0.0740. The first-order valence-corrected chi connectivity index (χ1v) is 9.26. The summed E-state index contributed by atoms with van der Waals surface area (Å²) in [6.45, 7) is 0.938. The van der Waals surface area contributed by atoms with Crippen LogP contribution in [0.2, 0.25) is 0 Å². The van der Waals surface area contributed by atoms with E-state index in [1.807, 2.05) is 12.1 Å². The number of imidazole rings is 1. The number of rotatable bonds is 3. The molecule has 8 nitrogen and oxygen atoms in total. The fourth-order valence-electron chi connectivity index (χ4n) is 3.13. The van der Waals surface area contributed by atoms with Crippen LogP contribution in [-0.2, 0) is 17.1 Å². The van der Waals surface area contributed by atoms with Crippen LogP contribution in [-0.4, -0.2) is 50.5 Å². The molecule has 0 aromatic carbocycles. The summed E-state index contributed by atoms with van der Waals surface area (Å²) in [6.07, 6.45) is 6.49. The lowest BCUT2D eigenvalue weighted by Crippen LogP contribution is -2.39. The second kappa shape index (κ2) is 5.67. The first-order valence-electron chi connectivity index (χ1n) is 7.82. The Labute approximate surface area is 139 Å². The van der Waals surface area contributed by atoms with E-state index in [-0.39, 0.29) is 10.9 Å². The summed E-state index contributed by atoms with van der Waals surface area (Å²) in [5.41, 5.74) is 1.63. The minimum Gasteiger partial charge on any atom is -0.339 e. The normalized spacial score (nSPS) is 19.8. The Kier molecular flexibility index (Phi) is 3.61. The highest BCUT2D eigenvalue weighted by molar-refractivity contribution is 7.89. The van der Waals surface area contributed by atoms with Gasteiger partial charge in [-0.1, -0.05) is 0 Å². The van der Waals surface area contributed by atoms with E-state index in [9.17, 15) is 8.42 Å². The van der Waals surface area contributed by atoms with Gasteiger partial charge in [0, 0.05) is 43.3 Å². The maximum atomic E-state index is 12.8. The lowest BCUT2D eigenvalue weighted by Gasteiger charge is -2.31. The second-order valence-corrected chi connectivity index (χ2v) is 8.01. The molecule has 9 heteroatoms. The molecule has 1 aliphatic heterocycles. The van der Waals surface area contributed by atoms with Crippen molar-refractivity contribution >= 4 is 21.1 Å². The molecule has 3 aromatic heterocycles. The molecular formula is C15H18N6O2S. The Morgan fingerprint density at radius 2 is 2.21 bits per heavy atom. The van der Waals surface area contributed by atoms with Gasteiger partial charge in [-0.25, -0.2) is 18.4 Å². The number of H-pyrrole nitrogens is 1. The van der Waals surface area contributed by atoms with E-state index in [0.29, 0.717) is 13.1 Å². The topological polar surface area (TPSA) is 96.8 Å². The highest BCUT2D eigenvalue weighted by atomic mass is 32.2. The molecule has 1 saturated heterocycles. The number of pyridine rings is 1. The largest absolute Gasteiger partial charge is 0.339 e. The molecule has 1 atom stereocenters. The van der Waals surface area contributed by atoms with Crippen molar-refractivity contribution in [3.63, 3.8) is 0 Å². The SMILES string of the molecule is Cn1cnc(S(=O)(=O)N2CCCC(c3ccc4cn[nH]c4n3)C2)c1. The maximum absolute atomic E-state index is 12.8. The Morgan fingerprint density at radius 1 is 1.33 bits per heavy atom. The number of nitrogens with zero attached hydrogens (tertiary/aromatic N) is 5. The van der Waals surface area contributed by atoms with Crippen LogP contribution in [0.25, 0.3) is 11.0 Å². The van der Waals surface area contributed by atoms with E-state index in [2.05, 4.69) is 20.2 Å². The van der Waals surface area contributed by atoms with Gasteiger partial charge in [-0.2, -0.15) is 9.40 Å². The highest BCUT2D eigenvalue weighted by Gasteiger charge is 2.32. The smallest absolute Gasteiger partial charge is 0.262 e. The Morgan fingerprint density at radius 3 is 3.00 bits per heavy atom. The molecule has 1 N–H and O–H groups in total. The van der Waals surface area contributed by atoms with Crippen molar-refractivity contribution in [1.29, 1.82) is 0 Å². The number of aromatic nitrogens is 5. The third-order valence-electron chi connectivity index (χ3n) is 4.41. The van der Waals surface area contributed by atoms with Gasteiger partial charge in [0.05, 0.1) is 12.5 Å². The van der Waals surface area contributed by atoms with Crippen LogP contribution >= 0.6 is 0 Å². The summed E-state index contributed by atoms with van der Waals surface area (Å²) in [6, 6.07) is 3.92. The van der Waals surface area contributed by atoms with Crippen molar-refractivity contribution in [2.45, 2.75) is 23.8 Å². The van der Waals surface area contributed by atoms with E-state index in [4.69, 9.17) is 0 Å². The molecule has 4 rings (SSSR count). The Bertz CT molecular complexity index is 977. The molecule has 0 saturated carbocycles. The average Bonchev–Trinajstić information content (AvgIpc) is 3.23. The van der Waals surface area contributed by atoms with E-state index in [0.717, 1.165) is 29.6 Å². The number of aromatic amines is 1. The second-order valence-electron chi connectivity index (χ2n) is 6.12. The maximum Gasteiger partial charge on any atom is 0.262 e. The fraction of sp³-hybridized carbons (Fsp3) is 0.400. The predicted molar refractivity (Wildman–Crippen MR) is 87.8 cm³/mol. The molecule has 1 unspecified atom stereocenters. The molecule has 3 aromatic rings. The standard InChI is InChI=1S/C15H18N6O2S/c1-20-9-14(16-10-20)24(22,23)21-6-2-3-12(8-21)13-5-4-11-7-17-19-15(11)18-13/h4-5,7,9-10,12H,2-3,6,8H2,1H3,(H,17,18,19). The minimum absolute atomic E-state index is 0.0740. The van der Waals surface area contributed by atoms with Crippen LogP contribution in [0.15, 0.2) is 35.9 Å². The molecule has 0 bridgehead atoms. The molecule has 0 aliphatic carbocycles. The lowest BCUT2D eigenvalue weighted by atomic mass is 9.95. The third-order valence-corrected chi connectivity index (χ3v) is 6.16. The van der Waals surface area contributed by atoms with Crippen molar-refractivity contribution in [3.05, 3.63) is 36.5 Å². The van der Waals surface area contributed by atoms with Gasteiger partial charge in [0.1, 0.15) is 0 Å². The number of aryl methyl sites for hydroxylation is 1. The number of nitrogens with one attached hydrogen (secondary N) is 1. The van der Waals surface area contributed by atoms with Gasteiger partial charge in [0.15, 0.2) is 10.7 Å². The number of piperidine rings is 1. The third kappa shape index (κ3) is 2.59. The van der Waals surface area contributed by atoms with Gasteiger partial charge < -0.3 is 4.57 Å². The quantitative estimate of drug-likeness (QED) is 0.770. The Balaban J connectivity index is 1.61. The van der Waals surface area contributed by atoms with Crippen LogP contribution in [0, 0.1) is 0 Å². The van der Waals surface area contributed by atoms with Crippen LogP contribution in [0.3, 0.4) is 0 Å². The Hall–Kier alpha value is -2.26. The monoisotopic (exact) mass is 346 g/mol. The number of hydrogen-bond donors (Lipinski definition) is 1. The zero-order chi connectivity index (χ0) is 16.7. The highest BCUT2D eigenvalue weighted by Crippen LogP contribution is 2.29. The van der Waals surface area contributed by atoms with Gasteiger partial charge in [-0.15, -0.1) is 0 Å². The van der Waals surface area contributed by atoms with Gasteiger partial charge in [0.2, 0.25) is 0 Å². The molecule has 24 heavy (non-hydrogen) atoms.